The van der Waals surface area contributed by atoms with Crippen LogP contribution in [0.2, 0.25) is 0 Å². The van der Waals surface area contributed by atoms with Gasteiger partial charge in [0.15, 0.2) is 5.82 Å². The molecule has 8 heteroatoms. The van der Waals surface area contributed by atoms with E-state index in [9.17, 15) is 0 Å². The van der Waals surface area contributed by atoms with Crippen molar-refractivity contribution in [1.82, 2.24) is 30.3 Å². The molecule has 130 valence electrons. The first-order valence-electron chi connectivity index (χ1n) is 8.11. The lowest BCUT2D eigenvalue weighted by Crippen LogP contribution is -1.99. The summed E-state index contributed by atoms with van der Waals surface area (Å²) < 4.78 is 7.05. The lowest BCUT2D eigenvalue weighted by molar-refractivity contribution is 0.385. The van der Waals surface area contributed by atoms with Crippen LogP contribution >= 0.6 is 11.8 Å². The zero-order chi connectivity index (χ0) is 17.8. The monoisotopic (exact) mass is 364 g/mol. The number of rotatable bonds is 6. The quantitative estimate of drug-likeness (QED) is 0.486. The molecular formula is C18H16N6OS. The summed E-state index contributed by atoms with van der Waals surface area (Å²) in [6.45, 7) is 2.04. The molecule has 7 nitrogen and oxygen atoms in total. The Hall–Kier alpha value is -3.00. The summed E-state index contributed by atoms with van der Waals surface area (Å²) in [6, 6.07) is 18.1. The fourth-order valence-corrected chi connectivity index (χ4v) is 3.24. The highest BCUT2D eigenvalue weighted by atomic mass is 32.2. The van der Waals surface area contributed by atoms with Crippen LogP contribution < -0.4 is 0 Å². The van der Waals surface area contributed by atoms with Gasteiger partial charge in [0.25, 0.3) is 0 Å². The molecule has 0 fully saturated rings. The Morgan fingerprint density at radius 3 is 2.81 bits per heavy atom. The molecule has 0 spiro atoms. The number of thioether (sulfide) groups is 1. The predicted octanol–water partition coefficient (Wildman–Crippen LogP) is 3.24. The van der Waals surface area contributed by atoms with E-state index in [0.29, 0.717) is 29.0 Å². The second-order valence-corrected chi connectivity index (χ2v) is 6.71. The molecule has 0 aliphatic heterocycles. The number of hydrogen-bond donors (Lipinski definition) is 0. The molecule has 2 aromatic heterocycles. The minimum absolute atomic E-state index is 0.508. The van der Waals surface area contributed by atoms with Gasteiger partial charge in [0.2, 0.25) is 11.0 Å². The summed E-state index contributed by atoms with van der Waals surface area (Å²) in [5.74, 6) is 1.73. The van der Waals surface area contributed by atoms with E-state index in [1.807, 2.05) is 61.5 Å². The maximum absolute atomic E-state index is 5.34. The molecule has 4 aromatic rings. The first-order chi connectivity index (χ1) is 12.8. The molecule has 4 rings (SSSR count). The van der Waals surface area contributed by atoms with E-state index in [2.05, 4.69) is 25.7 Å². The summed E-state index contributed by atoms with van der Waals surface area (Å²) in [5, 5.41) is 16.7. The molecule has 0 aliphatic carbocycles. The van der Waals surface area contributed by atoms with Gasteiger partial charge in [-0.05, 0) is 40.6 Å². The van der Waals surface area contributed by atoms with Crippen LogP contribution in [0.3, 0.4) is 0 Å². The molecule has 2 aromatic carbocycles. The maximum atomic E-state index is 5.34. The van der Waals surface area contributed by atoms with E-state index >= 15 is 0 Å². The molecule has 0 N–H and O–H groups in total. The van der Waals surface area contributed by atoms with Gasteiger partial charge in [0, 0.05) is 6.42 Å². The first kappa shape index (κ1) is 16.5. The normalized spacial score (nSPS) is 11.0. The van der Waals surface area contributed by atoms with E-state index in [-0.39, 0.29) is 0 Å². The Morgan fingerprint density at radius 1 is 1.08 bits per heavy atom. The highest BCUT2D eigenvalue weighted by Gasteiger charge is 2.13. The molecule has 0 unspecified atom stereocenters. The molecule has 26 heavy (non-hydrogen) atoms. The minimum Gasteiger partial charge on any atom is -0.338 e. The van der Waals surface area contributed by atoms with Crippen LogP contribution in [0.1, 0.15) is 22.8 Å². The van der Waals surface area contributed by atoms with Gasteiger partial charge in [-0.2, -0.15) is 9.67 Å². The second kappa shape index (κ2) is 7.49. The Balaban J connectivity index is 1.43. The highest BCUT2D eigenvalue weighted by molar-refractivity contribution is 7.98. The third-order valence-corrected chi connectivity index (χ3v) is 4.63. The van der Waals surface area contributed by atoms with Gasteiger partial charge in [-0.3, -0.25) is 0 Å². The molecule has 0 saturated carbocycles. The average molecular weight is 364 g/mol. The first-order valence-corrected chi connectivity index (χ1v) is 9.10. The lowest BCUT2D eigenvalue weighted by Gasteiger charge is -2.03. The van der Waals surface area contributed by atoms with Crippen molar-refractivity contribution in [2.24, 2.45) is 0 Å². The molecule has 0 bridgehead atoms. The molecule has 0 aliphatic rings. The Kier molecular flexibility index (Phi) is 4.74. The third kappa shape index (κ3) is 3.80. The fourth-order valence-electron chi connectivity index (χ4n) is 2.52. The van der Waals surface area contributed by atoms with Crippen LogP contribution in [0, 0.1) is 6.92 Å². The van der Waals surface area contributed by atoms with Crippen LogP contribution in [0.4, 0.5) is 0 Å². The molecule has 0 amide bonds. The number of benzene rings is 2. The fraction of sp³-hybridized carbons (Fsp3) is 0.167. The van der Waals surface area contributed by atoms with Crippen LogP contribution in [-0.2, 0) is 12.2 Å². The smallest absolute Gasteiger partial charge is 0.237 e. The van der Waals surface area contributed by atoms with Crippen molar-refractivity contribution < 1.29 is 4.52 Å². The van der Waals surface area contributed by atoms with Crippen LogP contribution in [0.5, 0.6) is 0 Å². The van der Waals surface area contributed by atoms with Crippen LogP contribution in [0.15, 0.2) is 64.3 Å². The van der Waals surface area contributed by atoms with Crippen molar-refractivity contribution in [1.29, 1.82) is 0 Å². The topological polar surface area (TPSA) is 82.5 Å². The number of hydrogen-bond acceptors (Lipinski definition) is 7. The molecular weight excluding hydrogens is 348 g/mol. The Morgan fingerprint density at radius 2 is 1.96 bits per heavy atom. The lowest BCUT2D eigenvalue weighted by atomic mass is 10.1. The van der Waals surface area contributed by atoms with Crippen molar-refractivity contribution in [2.75, 3.05) is 0 Å². The zero-order valence-electron chi connectivity index (χ0n) is 14.1. The summed E-state index contributed by atoms with van der Waals surface area (Å²) >= 11 is 1.46. The maximum Gasteiger partial charge on any atom is 0.237 e. The van der Waals surface area contributed by atoms with Crippen molar-refractivity contribution >= 4 is 11.8 Å². The summed E-state index contributed by atoms with van der Waals surface area (Å²) in [4.78, 5) is 4.45. The van der Waals surface area contributed by atoms with Crippen LogP contribution in [0.25, 0.3) is 5.69 Å². The van der Waals surface area contributed by atoms with Crippen LogP contribution in [-0.4, -0.2) is 30.3 Å². The second-order valence-electron chi connectivity index (χ2n) is 5.77. The van der Waals surface area contributed by atoms with Gasteiger partial charge in [-0.25, -0.2) is 0 Å². The van der Waals surface area contributed by atoms with E-state index in [0.717, 1.165) is 16.8 Å². The van der Waals surface area contributed by atoms with Gasteiger partial charge >= 0.3 is 0 Å². The van der Waals surface area contributed by atoms with Gasteiger partial charge in [-0.15, -0.1) is 5.10 Å². The van der Waals surface area contributed by atoms with Crippen molar-refractivity contribution in [3.05, 3.63) is 77.4 Å². The number of tetrazole rings is 1. The highest BCUT2D eigenvalue weighted by Crippen LogP contribution is 2.22. The van der Waals surface area contributed by atoms with E-state index in [4.69, 9.17) is 4.52 Å². The van der Waals surface area contributed by atoms with E-state index in [1.165, 1.54) is 11.8 Å². The molecule has 0 saturated heterocycles. The standard InChI is InChI=1S/C18H16N6OS/c1-13-6-5-9-15(10-13)24-18(20-22-23-24)26-12-17-19-16(21-25-17)11-14-7-3-2-4-8-14/h2-10H,11-12H2,1H3. The number of aromatic nitrogens is 6. The van der Waals surface area contributed by atoms with Crippen molar-refractivity contribution in [3.8, 4) is 5.69 Å². The van der Waals surface area contributed by atoms with Gasteiger partial charge in [0.05, 0.1) is 11.4 Å². The third-order valence-electron chi connectivity index (χ3n) is 3.73. The number of nitrogens with zero attached hydrogens (tertiary/aromatic N) is 6. The largest absolute Gasteiger partial charge is 0.338 e. The Bertz CT molecular complexity index is 998. The molecule has 0 radical (unpaired) electrons. The predicted molar refractivity (Wildman–Crippen MR) is 97.0 cm³/mol. The zero-order valence-corrected chi connectivity index (χ0v) is 14.9. The summed E-state index contributed by atoms with van der Waals surface area (Å²) in [5.41, 5.74) is 3.22. The van der Waals surface area contributed by atoms with E-state index in [1.54, 1.807) is 4.68 Å². The van der Waals surface area contributed by atoms with E-state index < -0.39 is 0 Å². The van der Waals surface area contributed by atoms with Gasteiger partial charge in [-0.1, -0.05) is 59.4 Å². The van der Waals surface area contributed by atoms with Gasteiger partial charge in [0.1, 0.15) is 0 Å². The van der Waals surface area contributed by atoms with Crippen molar-refractivity contribution in [2.45, 2.75) is 24.3 Å². The molecule has 2 heterocycles. The Labute approximate surface area is 154 Å². The molecule has 0 atom stereocenters. The SMILES string of the molecule is Cc1cccc(-n2nnnc2SCc2nc(Cc3ccccc3)no2)c1. The average Bonchev–Trinajstić information content (AvgIpc) is 3.30. The van der Waals surface area contributed by atoms with Gasteiger partial charge < -0.3 is 4.52 Å². The minimum atomic E-state index is 0.508. The van der Waals surface area contributed by atoms with Crippen molar-refractivity contribution in [3.63, 3.8) is 0 Å². The summed E-state index contributed by atoms with van der Waals surface area (Å²) in [7, 11) is 0. The number of aryl methyl sites for hydroxylation is 1. The summed E-state index contributed by atoms with van der Waals surface area (Å²) in [6.07, 6.45) is 0.649.